The quantitative estimate of drug-likeness (QED) is 0.659. The van der Waals surface area contributed by atoms with Crippen molar-refractivity contribution in [2.24, 2.45) is 5.10 Å². The Morgan fingerprint density at radius 1 is 1.13 bits per heavy atom. The van der Waals surface area contributed by atoms with Gasteiger partial charge in [-0.25, -0.2) is 9.99 Å². The summed E-state index contributed by atoms with van der Waals surface area (Å²) in [5.74, 6) is 0.246. The van der Waals surface area contributed by atoms with Crippen LogP contribution in [-0.4, -0.2) is 27.5 Å². The Morgan fingerprint density at radius 3 is 2.68 bits per heavy atom. The van der Waals surface area contributed by atoms with Gasteiger partial charge in [0.2, 0.25) is 5.91 Å². The maximum Gasteiger partial charge on any atom is 0.268 e. The summed E-state index contributed by atoms with van der Waals surface area (Å²) in [6, 6.07) is 15.4. The molecule has 2 N–H and O–H groups in total. The number of nitrogens with one attached hydrogen (secondary N) is 2. The number of aryl methyl sites for hydroxylation is 2. The number of benzene rings is 2. The number of aromatic amines is 1. The van der Waals surface area contributed by atoms with Crippen LogP contribution in [0, 0.1) is 13.8 Å². The molecule has 31 heavy (non-hydrogen) atoms. The Kier molecular flexibility index (Phi) is 5.66. The number of rotatable bonds is 5. The molecule has 0 saturated heterocycles. The molecule has 7 nitrogen and oxygen atoms in total. The van der Waals surface area contributed by atoms with E-state index in [1.54, 1.807) is 6.20 Å². The predicted octanol–water partition coefficient (Wildman–Crippen LogP) is 4.05. The summed E-state index contributed by atoms with van der Waals surface area (Å²) in [6.07, 6.45) is 2.31. The van der Waals surface area contributed by atoms with Gasteiger partial charge in [0, 0.05) is 12.8 Å². The molecule has 4 rings (SSSR count). The van der Waals surface area contributed by atoms with Crippen molar-refractivity contribution in [3.63, 3.8) is 0 Å². The molecule has 0 unspecified atom stereocenters. The standard InChI is InChI=1S/C24H25N5O2/c1-15-9-10-16(2)21(13-15)29-22(30)12-11-19(28-29)24(31)26-17(3)23-25-14-20(27-23)18-7-5-4-6-8-18/h4-10,13-14,17H,11-12H2,1-3H3,(H,25,27)(H,26,31)/t17-/m0/s1. The highest BCUT2D eigenvalue weighted by molar-refractivity contribution is 6.40. The number of amides is 2. The fraction of sp³-hybridized carbons (Fsp3) is 0.250. The van der Waals surface area contributed by atoms with Gasteiger partial charge in [-0.3, -0.25) is 9.59 Å². The first-order valence-corrected chi connectivity index (χ1v) is 10.3. The molecule has 0 fully saturated rings. The lowest BCUT2D eigenvalue weighted by Crippen LogP contribution is -2.40. The van der Waals surface area contributed by atoms with E-state index in [0.29, 0.717) is 23.6 Å². The van der Waals surface area contributed by atoms with Crippen molar-refractivity contribution in [1.82, 2.24) is 15.3 Å². The summed E-state index contributed by atoms with van der Waals surface area (Å²) in [7, 11) is 0. The predicted molar refractivity (Wildman–Crippen MR) is 121 cm³/mol. The molecule has 2 heterocycles. The highest BCUT2D eigenvalue weighted by atomic mass is 16.2. The maximum absolute atomic E-state index is 12.9. The van der Waals surface area contributed by atoms with E-state index in [4.69, 9.17) is 0 Å². The average molecular weight is 415 g/mol. The lowest BCUT2D eigenvalue weighted by atomic mass is 10.1. The molecule has 1 aromatic heterocycles. The first kappa shape index (κ1) is 20.5. The Balaban J connectivity index is 1.51. The second kappa shape index (κ2) is 8.55. The summed E-state index contributed by atoms with van der Waals surface area (Å²) in [5, 5.41) is 8.69. The molecular weight excluding hydrogens is 390 g/mol. The second-order valence-electron chi connectivity index (χ2n) is 7.79. The van der Waals surface area contributed by atoms with Crippen LogP contribution < -0.4 is 10.3 Å². The van der Waals surface area contributed by atoms with Gasteiger partial charge in [-0.1, -0.05) is 42.5 Å². The number of anilines is 1. The van der Waals surface area contributed by atoms with Crippen LogP contribution in [0.3, 0.4) is 0 Å². The van der Waals surface area contributed by atoms with Crippen LogP contribution in [-0.2, 0) is 9.59 Å². The molecular formula is C24H25N5O2. The molecule has 158 valence electrons. The van der Waals surface area contributed by atoms with Crippen LogP contribution in [0.15, 0.2) is 59.8 Å². The van der Waals surface area contributed by atoms with Crippen molar-refractivity contribution in [3.8, 4) is 11.3 Å². The molecule has 2 amide bonds. The van der Waals surface area contributed by atoms with Crippen molar-refractivity contribution < 1.29 is 9.59 Å². The number of imidazole rings is 1. The van der Waals surface area contributed by atoms with Gasteiger partial charge in [-0.2, -0.15) is 5.10 Å². The fourth-order valence-electron chi connectivity index (χ4n) is 3.52. The van der Waals surface area contributed by atoms with Gasteiger partial charge in [0.05, 0.1) is 23.6 Å². The van der Waals surface area contributed by atoms with E-state index in [-0.39, 0.29) is 24.3 Å². The van der Waals surface area contributed by atoms with Gasteiger partial charge >= 0.3 is 0 Å². The first-order chi connectivity index (χ1) is 14.9. The van der Waals surface area contributed by atoms with E-state index < -0.39 is 0 Å². The lowest BCUT2D eigenvalue weighted by Gasteiger charge is -2.25. The highest BCUT2D eigenvalue weighted by Gasteiger charge is 2.27. The van der Waals surface area contributed by atoms with E-state index in [1.165, 1.54) is 5.01 Å². The molecule has 1 aliphatic rings. The van der Waals surface area contributed by atoms with E-state index in [1.807, 2.05) is 69.3 Å². The minimum Gasteiger partial charge on any atom is -0.341 e. The van der Waals surface area contributed by atoms with Crippen molar-refractivity contribution in [2.45, 2.75) is 39.7 Å². The molecule has 0 saturated carbocycles. The Labute approximate surface area is 181 Å². The number of carbonyl (C=O) groups excluding carboxylic acids is 2. The van der Waals surface area contributed by atoms with Crippen molar-refractivity contribution >= 4 is 23.2 Å². The molecule has 2 aromatic carbocycles. The first-order valence-electron chi connectivity index (χ1n) is 10.3. The zero-order chi connectivity index (χ0) is 22.0. The molecule has 0 aliphatic carbocycles. The van der Waals surface area contributed by atoms with Crippen LogP contribution in [0.5, 0.6) is 0 Å². The van der Waals surface area contributed by atoms with Gasteiger partial charge in [0.15, 0.2) is 0 Å². The number of hydrogen-bond donors (Lipinski definition) is 2. The summed E-state index contributed by atoms with van der Waals surface area (Å²) in [5.41, 5.74) is 4.92. The summed E-state index contributed by atoms with van der Waals surface area (Å²) >= 11 is 0. The van der Waals surface area contributed by atoms with Crippen LogP contribution in [0.25, 0.3) is 11.3 Å². The average Bonchev–Trinajstić information content (AvgIpc) is 3.27. The zero-order valence-corrected chi connectivity index (χ0v) is 17.8. The summed E-state index contributed by atoms with van der Waals surface area (Å²) in [4.78, 5) is 33.0. The molecule has 3 aromatic rings. The van der Waals surface area contributed by atoms with E-state index in [9.17, 15) is 9.59 Å². The Morgan fingerprint density at radius 2 is 1.90 bits per heavy atom. The lowest BCUT2D eigenvalue weighted by molar-refractivity contribution is -0.119. The molecule has 1 atom stereocenters. The van der Waals surface area contributed by atoms with E-state index in [2.05, 4.69) is 20.4 Å². The highest BCUT2D eigenvalue weighted by Crippen LogP contribution is 2.26. The van der Waals surface area contributed by atoms with Crippen LogP contribution in [0.4, 0.5) is 5.69 Å². The normalized spacial score (nSPS) is 14.9. The minimum absolute atomic E-state index is 0.114. The van der Waals surface area contributed by atoms with E-state index in [0.717, 1.165) is 22.4 Å². The maximum atomic E-state index is 12.9. The second-order valence-corrected chi connectivity index (χ2v) is 7.79. The third-order valence-corrected chi connectivity index (χ3v) is 5.33. The number of aromatic nitrogens is 2. The van der Waals surface area contributed by atoms with Crippen LogP contribution >= 0.6 is 0 Å². The van der Waals surface area contributed by atoms with Gasteiger partial charge in [0.25, 0.3) is 5.91 Å². The van der Waals surface area contributed by atoms with Crippen molar-refractivity contribution in [3.05, 3.63) is 71.7 Å². The SMILES string of the molecule is Cc1ccc(C)c(N2N=C(C(=O)N[C@@H](C)c3ncc(-c4ccccc4)[nH]3)CCC2=O)c1. The van der Waals surface area contributed by atoms with Gasteiger partial charge in [-0.15, -0.1) is 0 Å². The van der Waals surface area contributed by atoms with Gasteiger partial charge in [-0.05, 0) is 43.5 Å². The molecule has 0 bridgehead atoms. The number of hydrazone groups is 1. The molecule has 0 radical (unpaired) electrons. The summed E-state index contributed by atoms with van der Waals surface area (Å²) < 4.78 is 0. The smallest absolute Gasteiger partial charge is 0.268 e. The van der Waals surface area contributed by atoms with Gasteiger partial charge in [0.1, 0.15) is 11.5 Å². The number of hydrogen-bond acceptors (Lipinski definition) is 4. The number of carbonyl (C=O) groups is 2. The number of H-pyrrole nitrogens is 1. The third-order valence-electron chi connectivity index (χ3n) is 5.33. The molecule has 0 spiro atoms. The van der Waals surface area contributed by atoms with Crippen LogP contribution in [0.2, 0.25) is 0 Å². The van der Waals surface area contributed by atoms with Gasteiger partial charge < -0.3 is 10.3 Å². The third kappa shape index (κ3) is 4.40. The van der Waals surface area contributed by atoms with Crippen LogP contribution in [0.1, 0.15) is 42.8 Å². The molecule has 1 aliphatic heterocycles. The zero-order valence-electron chi connectivity index (χ0n) is 17.8. The monoisotopic (exact) mass is 415 g/mol. The largest absolute Gasteiger partial charge is 0.341 e. The molecule has 7 heteroatoms. The van der Waals surface area contributed by atoms with Crippen molar-refractivity contribution in [1.29, 1.82) is 0 Å². The summed E-state index contributed by atoms with van der Waals surface area (Å²) in [6.45, 7) is 5.75. The Bertz CT molecular complexity index is 1150. The Hall–Kier alpha value is -3.74. The van der Waals surface area contributed by atoms with Crippen molar-refractivity contribution in [2.75, 3.05) is 5.01 Å². The fourth-order valence-corrected chi connectivity index (χ4v) is 3.52. The van der Waals surface area contributed by atoms with E-state index >= 15 is 0 Å². The number of nitrogens with zero attached hydrogens (tertiary/aromatic N) is 3. The minimum atomic E-state index is -0.334. The topological polar surface area (TPSA) is 90.4 Å².